The fourth-order valence-corrected chi connectivity index (χ4v) is 4.07. The molecule has 4 heterocycles. The molecule has 0 aliphatic carbocycles. The van der Waals surface area contributed by atoms with E-state index in [1.807, 2.05) is 12.3 Å². The number of hydrogen-bond acceptors (Lipinski definition) is 4. The highest BCUT2D eigenvalue weighted by Crippen LogP contribution is 2.29. The van der Waals surface area contributed by atoms with Gasteiger partial charge in [-0.3, -0.25) is 9.47 Å². The van der Waals surface area contributed by atoms with Crippen LogP contribution in [0.4, 0.5) is 4.79 Å². The standard InChI is InChI=1S/C17H18N4OS/c18-17(22)21-6-3-12-7-13(9-19-16(12)21)14-8-15(23-11-14)10-20-4-1-2-5-20/h3,6-9,11H,1-2,4-5,10H2,(H2,18,22). The van der Waals surface area contributed by atoms with E-state index in [-0.39, 0.29) is 0 Å². The predicted molar refractivity (Wildman–Crippen MR) is 92.5 cm³/mol. The minimum absolute atomic E-state index is 0.510. The molecule has 0 bridgehead atoms. The summed E-state index contributed by atoms with van der Waals surface area (Å²) in [5.41, 5.74) is 8.20. The lowest BCUT2D eigenvalue weighted by molar-refractivity contribution is 0.251. The second-order valence-corrected chi connectivity index (χ2v) is 6.94. The molecule has 2 N–H and O–H groups in total. The summed E-state index contributed by atoms with van der Waals surface area (Å²) in [4.78, 5) is 19.6. The third-order valence-electron chi connectivity index (χ3n) is 4.33. The van der Waals surface area contributed by atoms with Crippen molar-refractivity contribution in [3.8, 4) is 11.1 Å². The van der Waals surface area contributed by atoms with Gasteiger partial charge in [-0.15, -0.1) is 11.3 Å². The monoisotopic (exact) mass is 326 g/mol. The molecule has 0 saturated carbocycles. The highest BCUT2D eigenvalue weighted by molar-refractivity contribution is 7.10. The first-order valence-corrected chi connectivity index (χ1v) is 8.66. The summed E-state index contributed by atoms with van der Waals surface area (Å²) in [6, 6.07) is 5.66. The first kappa shape index (κ1) is 14.4. The maximum atomic E-state index is 11.3. The molecule has 6 heteroatoms. The molecular formula is C17H18N4OS. The number of primary amides is 1. The van der Waals surface area contributed by atoms with Crippen molar-refractivity contribution in [2.45, 2.75) is 19.4 Å². The van der Waals surface area contributed by atoms with E-state index in [4.69, 9.17) is 5.73 Å². The Morgan fingerprint density at radius 1 is 1.26 bits per heavy atom. The molecule has 0 spiro atoms. The molecule has 118 valence electrons. The summed E-state index contributed by atoms with van der Waals surface area (Å²) in [7, 11) is 0. The van der Waals surface area contributed by atoms with Crippen LogP contribution in [-0.4, -0.2) is 33.6 Å². The van der Waals surface area contributed by atoms with Gasteiger partial charge in [0.15, 0.2) is 0 Å². The van der Waals surface area contributed by atoms with Crippen molar-refractivity contribution in [1.29, 1.82) is 0 Å². The summed E-state index contributed by atoms with van der Waals surface area (Å²) in [6.45, 7) is 3.46. The van der Waals surface area contributed by atoms with Crippen molar-refractivity contribution in [2.24, 2.45) is 5.73 Å². The van der Waals surface area contributed by atoms with Crippen LogP contribution in [-0.2, 0) is 6.54 Å². The van der Waals surface area contributed by atoms with E-state index in [9.17, 15) is 4.79 Å². The van der Waals surface area contributed by atoms with Crippen LogP contribution in [0.3, 0.4) is 0 Å². The number of carbonyl (C=O) groups excluding carboxylic acids is 1. The Labute approximate surface area is 138 Å². The molecule has 1 fully saturated rings. The normalized spacial score (nSPS) is 15.5. The first-order chi connectivity index (χ1) is 11.2. The van der Waals surface area contributed by atoms with Crippen LogP contribution in [0.5, 0.6) is 0 Å². The number of aromatic nitrogens is 2. The van der Waals surface area contributed by atoms with Crippen LogP contribution in [0.2, 0.25) is 0 Å². The Morgan fingerprint density at radius 3 is 2.87 bits per heavy atom. The molecule has 3 aromatic rings. The van der Waals surface area contributed by atoms with Crippen LogP contribution in [0.1, 0.15) is 17.7 Å². The zero-order chi connectivity index (χ0) is 15.8. The highest BCUT2D eigenvalue weighted by Gasteiger charge is 2.14. The number of nitrogens with zero attached hydrogens (tertiary/aromatic N) is 3. The number of rotatable bonds is 3. The largest absolute Gasteiger partial charge is 0.351 e. The van der Waals surface area contributed by atoms with Gasteiger partial charge in [-0.25, -0.2) is 9.78 Å². The molecule has 0 radical (unpaired) electrons. The quantitative estimate of drug-likeness (QED) is 0.803. The first-order valence-electron chi connectivity index (χ1n) is 7.78. The second-order valence-electron chi connectivity index (χ2n) is 5.95. The SMILES string of the molecule is NC(=O)n1ccc2cc(-c3csc(CN4CCCC4)c3)cnc21. The number of likely N-dealkylation sites (tertiary alicyclic amines) is 1. The van der Waals surface area contributed by atoms with Crippen molar-refractivity contribution < 1.29 is 4.79 Å². The van der Waals surface area contributed by atoms with Gasteiger partial charge in [0.25, 0.3) is 0 Å². The summed E-state index contributed by atoms with van der Waals surface area (Å²) in [5.74, 6) is 0. The van der Waals surface area contributed by atoms with Crippen LogP contribution < -0.4 is 5.73 Å². The Kier molecular flexibility index (Phi) is 3.63. The average molecular weight is 326 g/mol. The smallest absolute Gasteiger partial charge is 0.324 e. The Hall–Kier alpha value is -2.18. The van der Waals surface area contributed by atoms with Gasteiger partial charge in [-0.1, -0.05) is 0 Å². The minimum atomic E-state index is -0.510. The molecule has 0 aromatic carbocycles. The van der Waals surface area contributed by atoms with Gasteiger partial charge in [0.1, 0.15) is 5.65 Å². The van der Waals surface area contributed by atoms with Crippen molar-refractivity contribution in [2.75, 3.05) is 13.1 Å². The fraction of sp³-hybridized carbons (Fsp3) is 0.294. The lowest BCUT2D eigenvalue weighted by atomic mass is 10.1. The minimum Gasteiger partial charge on any atom is -0.351 e. The molecule has 1 aliphatic rings. The molecule has 23 heavy (non-hydrogen) atoms. The fourth-order valence-electron chi connectivity index (χ4n) is 3.14. The van der Waals surface area contributed by atoms with Crippen molar-refractivity contribution in [1.82, 2.24) is 14.5 Å². The Balaban J connectivity index is 1.61. The average Bonchev–Trinajstić information content (AvgIpc) is 3.27. The number of thiophene rings is 1. The van der Waals surface area contributed by atoms with Crippen LogP contribution in [0.15, 0.2) is 36.0 Å². The van der Waals surface area contributed by atoms with E-state index in [0.717, 1.165) is 17.5 Å². The summed E-state index contributed by atoms with van der Waals surface area (Å²) < 4.78 is 1.37. The second kappa shape index (κ2) is 5.79. The van der Waals surface area contributed by atoms with Gasteiger partial charge >= 0.3 is 6.03 Å². The van der Waals surface area contributed by atoms with Crippen molar-refractivity contribution in [3.63, 3.8) is 0 Å². The maximum absolute atomic E-state index is 11.3. The topological polar surface area (TPSA) is 64.2 Å². The van der Waals surface area contributed by atoms with E-state index in [1.54, 1.807) is 17.5 Å². The van der Waals surface area contributed by atoms with E-state index in [1.165, 1.54) is 40.9 Å². The Bertz CT molecular complexity index is 860. The molecular weight excluding hydrogens is 308 g/mol. The Morgan fingerprint density at radius 2 is 2.09 bits per heavy atom. The molecule has 5 nitrogen and oxygen atoms in total. The highest BCUT2D eigenvalue weighted by atomic mass is 32.1. The number of hydrogen-bond donors (Lipinski definition) is 1. The third kappa shape index (κ3) is 2.75. The predicted octanol–water partition coefficient (Wildman–Crippen LogP) is 3.29. The molecule has 3 aromatic heterocycles. The van der Waals surface area contributed by atoms with E-state index in [0.29, 0.717) is 5.65 Å². The molecule has 1 aliphatic heterocycles. The summed E-state index contributed by atoms with van der Waals surface area (Å²) >= 11 is 1.80. The third-order valence-corrected chi connectivity index (χ3v) is 5.25. The van der Waals surface area contributed by atoms with Crippen LogP contribution >= 0.6 is 11.3 Å². The van der Waals surface area contributed by atoms with Gasteiger partial charge in [-0.05, 0) is 55.1 Å². The van der Waals surface area contributed by atoms with Gasteiger partial charge < -0.3 is 5.73 Å². The van der Waals surface area contributed by atoms with E-state index in [2.05, 4.69) is 27.4 Å². The van der Waals surface area contributed by atoms with E-state index < -0.39 is 6.03 Å². The molecule has 1 saturated heterocycles. The zero-order valence-corrected chi connectivity index (χ0v) is 13.6. The number of pyridine rings is 1. The summed E-state index contributed by atoms with van der Waals surface area (Å²) in [5, 5.41) is 3.10. The summed E-state index contributed by atoms with van der Waals surface area (Å²) in [6.07, 6.45) is 6.10. The number of carbonyl (C=O) groups is 1. The van der Waals surface area contributed by atoms with E-state index >= 15 is 0 Å². The molecule has 1 amide bonds. The lowest BCUT2D eigenvalue weighted by Crippen LogP contribution is -2.18. The van der Waals surface area contributed by atoms with Crippen molar-refractivity contribution in [3.05, 3.63) is 40.8 Å². The molecule has 0 unspecified atom stereocenters. The maximum Gasteiger partial charge on any atom is 0.324 e. The van der Waals surface area contributed by atoms with Gasteiger partial charge in [0.2, 0.25) is 0 Å². The van der Waals surface area contributed by atoms with Gasteiger partial charge in [0, 0.05) is 34.8 Å². The van der Waals surface area contributed by atoms with Crippen molar-refractivity contribution >= 4 is 28.4 Å². The van der Waals surface area contributed by atoms with Crippen LogP contribution in [0, 0.1) is 0 Å². The van der Waals surface area contributed by atoms with Gasteiger partial charge in [-0.2, -0.15) is 0 Å². The number of amides is 1. The van der Waals surface area contributed by atoms with Crippen LogP contribution in [0.25, 0.3) is 22.2 Å². The number of nitrogens with two attached hydrogens (primary N) is 1. The lowest BCUT2D eigenvalue weighted by Gasteiger charge is -2.12. The zero-order valence-electron chi connectivity index (χ0n) is 12.7. The number of fused-ring (bicyclic) bond motifs is 1. The van der Waals surface area contributed by atoms with Gasteiger partial charge in [0.05, 0.1) is 0 Å². The molecule has 4 rings (SSSR count). The molecule has 0 atom stereocenters.